The second-order valence-corrected chi connectivity index (χ2v) is 6.25. The van der Waals surface area contributed by atoms with E-state index in [0.29, 0.717) is 6.04 Å². The van der Waals surface area contributed by atoms with Crippen molar-refractivity contribution in [3.63, 3.8) is 0 Å². The number of nitrogens with one attached hydrogen (secondary N) is 1. The molecule has 3 aromatic rings. The predicted molar refractivity (Wildman–Crippen MR) is 85.0 cm³/mol. The molecule has 0 spiro atoms. The largest absolute Gasteiger partial charge is 0.376 e. The van der Waals surface area contributed by atoms with Crippen LogP contribution in [0.15, 0.2) is 48.1 Å². The van der Waals surface area contributed by atoms with Crippen molar-refractivity contribution in [3.05, 3.63) is 58.5 Å². The third-order valence-corrected chi connectivity index (χ3v) is 4.95. The van der Waals surface area contributed by atoms with Gasteiger partial charge in [0, 0.05) is 4.88 Å². The van der Waals surface area contributed by atoms with E-state index in [2.05, 4.69) is 45.3 Å². The number of hydrogen-bond donors (Lipinski definition) is 1. The van der Waals surface area contributed by atoms with Gasteiger partial charge in [-0.05, 0) is 48.4 Å². The molecule has 2 heterocycles. The molecule has 1 N–H and O–H groups in total. The number of hydrogen-bond acceptors (Lipinski definition) is 4. The van der Waals surface area contributed by atoms with Crippen molar-refractivity contribution in [1.82, 2.24) is 15.0 Å². The first-order valence-electron chi connectivity index (χ1n) is 7.20. The van der Waals surface area contributed by atoms with Gasteiger partial charge in [0.1, 0.15) is 0 Å². The maximum atomic E-state index is 4.10. The van der Waals surface area contributed by atoms with Gasteiger partial charge in [-0.25, -0.2) is 4.68 Å². The molecule has 4 rings (SSSR count). The van der Waals surface area contributed by atoms with E-state index in [9.17, 15) is 0 Å². The molecule has 1 aromatic carbocycles. The van der Waals surface area contributed by atoms with Crippen LogP contribution in [0.25, 0.3) is 5.69 Å². The molecule has 2 aromatic heterocycles. The Morgan fingerprint density at radius 1 is 1.24 bits per heavy atom. The molecule has 1 aliphatic carbocycles. The minimum absolute atomic E-state index is 0.393. The van der Waals surface area contributed by atoms with E-state index in [1.807, 2.05) is 23.6 Å². The number of anilines is 1. The summed E-state index contributed by atoms with van der Waals surface area (Å²) < 4.78 is 1.81. The van der Waals surface area contributed by atoms with Gasteiger partial charge in [-0.3, -0.25) is 0 Å². The van der Waals surface area contributed by atoms with Crippen molar-refractivity contribution in [1.29, 1.82) is 0 Å². The minimum atomic E-state index is 0.393. The first-order valence-corrected chi connectivity index (χ1v) is 8.08. The van der Waals surface area contributed by atoms with Gasteiger partial charge < -0.3 is 5.32 Å². The van der Waals surface area contributed by atoms with E-state index in [1.54, 1.807) is 10.9 Å². The zero-order valence-electron chi connectivity index (χ0n) is 11.6. The molecule has 0 aliphatic heterocycles. The topological polar surface area (TPSA) is 42.7 Å². The fraction of sp³-hybridized carbons (Fsp3) is 0.250. The van der Waals surface area contributed by atoms with Crippen molar-refractivity contribution >= 4 is 17.0 Å². The molecule has 1 aliphatic rings. The molecular formula is C16H16N4S. The van der Waals surface area contributed by atoms with E-state index >= 15 is 0 Å². The van der Waals surface area contributed by atoms with Crippen LogP contribution in [0.5, 0.6) is 0 Å². The third-order valence-electron chi connectivity index (χ3n) is 3.96. The Hall–Kier alpha value is -2.14. The van der Waals surface area contributed by atoms with Crippen molar-refractivity contribution < 1.29 is 0 Å². The van der Waals surface area contributed by atoms with Crippen molar-refractivity contribution in [2.24, 2.45) is 0 Å². The van der Waals surface area contributed by atoms with E-state index in [0.717, 1.165) is 11.4 Å². The molecule has 0 saturated carbocycles. The highest BCUT2D eigenvalue weighted by Gasteiger charge is 2.21. The van der Waals surface area contributed by atoms with Crippen molar-refractivity contribution in [2.45, 2.75) is 25.3 Å². The number of thiophene rings is 1. The maximum absolute atomic E-state index is 4.10. The molecule has 0 bridgehead atoms. The van der Waals surface area contributed by atoms with Crippen LogP contribution >= 0.6 is 11.3 Å². The Kier molecular flexibility index (Phi) is 3.20. The molecule has 0 saturated heterocycles. The lowest BCUT2D eigenvalue weighted by atomic mass is 9.94. The Morgan fingerprint density at radius 3 is 3.10 bits per heavy atom. The Morgan fingerprint density at radius 2 is 2.19 bits per heavy atom. The van der Waals surface area contributed by atoms with E-state index in [-0.39, 0.29) is 0 Å². The van der Waals surface area contributed by atoms with Gasteiger partial charge in [0.25, 0.3) is 0 Å². The second kappa shape index (κ2) is 5.33. The molecule has 1 unspecified atom stereocenters. The summed E-state index contributed by atoms with van der Waals surface area (Å²) in [6, 6.07) is 10.9. The van der Waals surface area contributed by atoms with Gasteiger partial charge in [-0.1, -0.05) is 17.3 Å². The van der Waals surface area contributed by atoms with Crippen LogP contribution < -0.4 is 5.32 Å². The van der Waals surface area contributed by atoms with Gasteiger partial charge in [0.2, 0.25) is 0 Å². The van der Waals surface area contributed by atoms with Gasteiger partial charge in [-0.15, -0.1) is 16.4 Å². The van der Waals surface area contributed by atoms with Crippen LogP contribution in [0, 0.1) is 0 Å². The number of benzene rings is 1. The summed E-state index contributed by atoms with van der Waals surface area (Å²) in [4.78, 5) is 1.52. The Bertz CT molecular complexity index is 732. The quantitative estimate of drug-likeness (QED) is 0.799. The van der Waals surface area contributed by atoms with Crippen molar-refractivity contribution in [2.75, 3.05) is 5.32 Å². The molecular weight excluding hydrogens is 280 g/mol. The smallest absolute Gasteiger partial charge is 0.0894 e. The zero-order chi connectivity index (χ0) is 14.1. The Labute approximate surface area is 127 Å². The zero-order valence-corrected chi connectivity index (χ0v) is 12.4. The summed E-state index contributed by atoms with van der Waals surface area (Å²) in [5.74, 6) is 0. The highest BCUT2D eigenvalue weighted by molar-refractivity contribution is 7.10. The summed E-state index contributed by atoms with van der Waals surface area (Å²) in [6.45, 7) is 0. The summed E-state index contributed by atoms with van der Waals surface area (Å²) in [5.41, 5.74) is 3.60. The number of nitrogens with zero attached hydrogens (tertiary/aromatic N) is 3. The maximum Gasteiger partial charge on any atom is 0.0894 e. The van der Waals surface area contributed by atoms with Crippen LogP contribution in [0.4, 0.5) is 5.69 Å². The number of aryl methyl sites for hydroxylation is 1. The monoisotopic (exact) mass is 296 g/mol. The minimum Gasteiger partial charge on any atom is -0.376 e. The summed E-state index contributed by atoms with van der Waals surface area (Å²) in [5, 5.41) is 13.9. The number of aromatic nitrogens is 3. The standard InChI is InChI=1S/C16H16N4S/c1-2-6-15(20-10-9-17-19-20)14(4-1)18-13-5-3-7-16-12(13)8-11-21-16/h1-2,4,6,8-11,13,18H,3,5,7H2. The van der Waals surface area contributed by atoms with E-state index in [4.69, 9.17) is 0 Å². The summed E-state index contributed by atoms with van der Waals surface area (Å²) in [6.07, 6.45) is 7.22. The summed E-state index contributed by atoms with van der Waals surface area (Å²) in [7, 11) is 0. The van der Waals surface area contributed by atoms with Crippen LogP contribution in [0.3, 0.4) is 0 Å². The van der Waals surface area contributed by atoms with Gasteiger partial charge in [-0.2, -0.15) is 0 Å². The van der Waals surface area contributed by atoms with Gasteiger partial charge >= 0.3 is 0 Å². The average molecular weight is 296 g/mol. The summed E-state index contributed by atoms with van der Waals surface area (Å²) >= 11 is 1.87. The fourth-order valence-electron chi connectivity index (χ4n) is 2.96. The number of fused-ring (bicyclic) bond motifs is 1. The van der Waals surface area contributed by atoms with Crippen molar-refractivity contribution in [3.8, 4) is 5.69 Å². The highest BCUT2D eigenvalue weighted by atomic mass is 32.1. The molecule has 0 amide bonds. The van der Waals surface area contributed by atoms with E-state index < -0.39 is 0 Å². The van der Waals surface area contributed by atoms with Gasteiger partial charge in [0.05, 0.1) is 29.8 Å². The normalized spacial score (nSPS) is 17.4. The van der Waals surface area contributed by atoms with Crippen LogP contribution in [0.2, 0.25) is 0 Å². The highest BCUT2D eigenvalue weighted by Crippen LogP contribution is 2.36. The molecule has 1 atom stereocenters. The SMILES string of the molecule is c1ccc(-n2ccnn2)c(NC2CCCc3sccc32)c1. The van der Waals surface area contributed by atoms with Crippen LogP contribution in [-0.4, -0.2) is 15.0 Å². The molecule has 21 heavy (non-hydrogen) atoms. The Balaban J connectivity index is 1.68. The molecule has 0 fully saturated rings. The average Bonchev–Trinajstić information content (AvgIpc) is 3.20. The first-order chi connectivity index (χ1) is 10.4. The number of rotatable bonds is 3. The number of para-hydroxylation sites is 2. The lowest BCUT2D eigenvalue weighted by molar-refractivity contribution is 0.608. The molecule has 4 nitrogen and oxygen atoms in total. The lowest BCUT2D eigenvalue weighted by Crippen LogP contribution is -2.16. The molecule has 106 valence electrons. The first kappa shape index (κ1) is 12.6. The van der Waals surface area contributed by atoms with Crippen LogP contribution in [0.1, 0.15) is 29.3 Å². The lowest BCUT2D eigenvalue weighted by Gasteiger charge is -2.25. The van der Waals surface area contributed by atoms with Crippen LogP contribution in [-0.2, 0) is 6.42 Å². The van der Waals surface area contributed by atoms with E-state index in [1.165, 1.54) is 29.7 Å². The van der Waals surface area contributed by atoms with Gasteiger partial charge in [0.15, 0.2) is 0 Å². The predicted octanol–water partition coefficient (Wildman–Crippen LogP) is 3.82. The fourth-order valence-corrected chi connectivity index (χ4v) is 3.94. The molecule has 0 radical (unpaired) electrons. The third kappa shape index (κ3) is 2.34. The second-order valence-electron chi connectivity index (χ2n) is 5.25. The molecule has 5 heteroatoms.